The van der Waals surface area contributed by atoms with E-state index >= 15 is 0 Å². The molecule has 0 unspecified atom stereocenters. The van der Waals surface area contributed by atoms with Crippen LogP contribution in [0.4, 0.5) is 4.79 Å². The van der Waals surface area contributed by atoms with Gasteiger partial charge in [-0.15, -0.1) is 0 Å². The Kier molecular flexibility index (Phi) is 4.12. The van der Waals surface area contributed by atoms with Crippen LogP contribution in [0, 0.1) is 5.92 Å². The molecule has 1 aromatic carbocycles. The van der Waals surface area contributed by atoms with E-state index in [2.05, 4.69) is 24.4 Å². The lowest BCUT2D eigenvalue weighted by Crippen LogP contribution is -2.46. The first kappa shape index (κ1) is 14.7. The predicted molar refractivity (Wildman–Crippen MR) is 85.7 cm³/mol. The molecular weight excluding hydrogens is 284 g/mol. The molecule has 1 N–H and O–H groups in total. The number of likely N-dealkylation sites (tertiary alicyclic amines) is 1. The molecule has 1 saturated carbocycles. The van der Waals surface area contributed by atoms with Crippen molar-refractivity contribution in [2.45, 2.75) is 38.0 Å². The fraction of sp³-hybridized carbons (Fsp3) is 0.588. The Bertz CT molecular complexity index is 502. The van der Waals surface area contributed by atoms with Gasteiger partial charge in [0.1, 0.15) is 0 Å². The molecule has 1 saturated heterocycles. The monoisotopic (exact) mass is 306 g/mol. The van der Waals surface area contributed by atoms with Crippen LogP contribution in [0.25, 0.3) is 0 Å². The normalized spacial score (nSPS) is 21.1. The highest BCUT2D eigenvalue weighted by atomic mass is 35.5. The van der Waals surface area contributed by atoms with Gasteiger partial charge in [-0.3, -0.25) is 0 Å². The van der Waals surface area contributed by atoms with Crippen LogP contribution < -0.4 is 5.32 Å². The van der Waals surface area contributed by atoms with Crippen LogP contribution in [-0.2, 0) is 5.41 Å². The quantitative estimate of drug-likeness (QED) is 0.905. The minimum absolute atomic E-state index is 0.0992. The molecule has 1 aromatic rings. The molecule has 21 heavy (non-hydrogen) atoms. The molecular formula is C17H23ClN2O. The van der Waals surface area contributed by atoms with E-state index in [4.69, 9.17) is 11.6 Å². The van der Waals surface area contributed by atoms with E-state index in [1.807, 2.05) is 17.0 Å². The minimum atomic E-state index is 0.0992. The maximum atomic E-state index is 12.3. The maximum absolute atomic E-state index is 12.3. The summed E-state index contributed by atoms with van der Waals surface area (Å²) in [6.45, 7) is 4.77. The number of halogens is 1. The minimum Gasteiger partial charge on any atom is -0.337 e. The molecule has 0 atom stereocenters. The summed E-state index contributed by atoms with van der Waals surface area (Å²) in [6.07, 6.45) is 4.53. The lowest BCUT2D eigenvalue weighted by atomic mass is 9.96. The zero-order valence-corrected chi connectivity index (χ0v) is 13.3. The molecule has 3 rings (SSSR count). The van der Waals surface area contributed by atoms with Gasteiger partial charge >= 0.3 is 6.03 Å². The highest BCUT2D eigenvalue weighted by molar-refractivity contribution is 6.30. The summed E-state index contributed by atoms with van der Waals surface area (Å²) in [5.41, 5.74) is 1.43. The van der Waals surface area contributed by atoms with Crippen LogP contribution in [0.1, 0.15) is 38.2 Å². The van der Waals surface area contributed by atoms with Gasteiger partial charge in [-0.25, -0.2) is 4.79 Å². The van der Waals surface area contributed by atoms with Crippen molar-refractivity contribution in [3.05, 3.63) is 34.9 Å². The third kappa shape index (κ3) is 3.34. The average molecular weight is 307 g/mol. The number of carbonyl (C=O) groups is 1. The average Bonchev–Trinajstić information content (AvgIpc) is 3.27. The molecule has 1 heterocycles. The first-order valence-electron chi connectivity index (χ1n) is 7.88. The molecule has 2 fully saturated rings. The number of benzene rings is 1. The van der Waals surface area contributed by atoms with E-state index in [0.717, 1.165) is 56.3 Å². The standard InChI is InChI=1S/C17H23ClN2O/c1-13-6-10-20(11-7-13)16(21)19-12-17(8-9-17)14-2-4-15(18)5-3-14/h2-5,13H,6-12H2,1H3,(H,19,21). The summed E-state index contributed by atoms with van der Waals surface area (Å²) in [4.78, 5) is 14.2. The lowest BCUT2D eigenvalue weighted by Gasteiger charge is -2.31. The van der Waals surface area contributed by atoms with Crippen molar-refractivity contribution in [1.82, 2.24) is 10.2 Å². The Labute approximate surface area is 131 Å². The molecule has 114 valence electrons. The second-order valence-electron chi connectivity index (χ2n) is 6.62. The Hall–Kier alpha value is -1.22. The number of carbonyl (C=O) groups excluding carboxylic acids is 1. The highest BCUT2D eigenvalue weighted by Crippen LogP contribution is 2.47. The topological polar surface area (TPSA) is 32.3 Å². The first-order valence-corrected chi connectivity index (χ1v) is 8.26. The Morgan fingerprint density at radius 1 is 1.29 bits per heavy atom. The smallest absolute Gasteiger partial charge is 0.317 e. The van der Waals surface area contributed by atoms with E-state index in [0.29, 0.717) is 0 Å². The zero-order chi connectivity index (χ0) is 14.9. The number of hydrogen-bond donors (Lipinski definition) is 1. The molecule has 0 aromatic heterocycles. The van der Waals surface area contributed by atoms with Gasteiger partial charge in [-0.05, 0) is 49.3 Å². The zero-order valence-electron chi connectivity index (χ0n) is 12.6. The van der Waals surface area contributed by atoms with Crippen molar-refractivity contribution in [3.8, 4) is 0 Å². The summed E-state index contributed by atoms with van der Waals surface area (Å²) in [6, 6.07) is 8.14. The summed E-state index contributed by atoms with van der Waals surface area (Å²) in [5, 5.41) is 3.90. The summed E-state index contributed by atoms with van der Waals surface area (Å²) in [7, 11) is 0. The highest BCUT2D eigenvalue weighted by Gasteiger charge is 2.44. The number of rotatable bonds is 3. The van der Waals surface area contributed by atoms with Crippen LogP contribution >= 0.6 is 11.6 Å². The van der Waals surface area contributed by atoms with Gasteiger partial charge in [-0.2, -0.15) is 0 Å². The van der Waals surface area contributed by atoms with Gasteiger partial charge in [-0.1, -0.05) is 30.7 Å². The van der Waals surface area contributed by atoms with E-state index < -0.39 is 0 Å². The van der Waals surface area contributed by atoms with E-state index in [1.54, 1.807) is 0 Å². The summed E-state index contributed by atoms with van der Waals surface area (Å²) >= 11 is 5.95. The van der Waals surface area contributed by atoms with Crippen molar-refractivity contribution in [2.75, 3.05) is 19.6 Å². The van der Waals surface area contributed by atoms with Gasteiger partial charge in [0.05, 0.1) is 0 Å². The number of nitrogens with one attached hydrogen (secondary N) is 1. The van der Waals surface area contributed by atoms with Gasteiger partial charge in [0.2, 0.25) is 0 Å². The van der Waals surface area contributed by atoms with Crippen LogP contribution in [0.3, 0.4) is 0 Å². The first-order chi connectivity index (χ1) is 10.1. The molecule has 3 nitrogen and oxygen atoms in total. The fourth-order valence-electron chi connectivity index (χ4n) is 3.09. The van der Waals surface area contributed by atoms with Crippen molar-refractivity contribution < 1.29 is 4.79 Å². The van der Waals surface area contributed by atoms with Gasteiger partial charge in [0, 0.05) is 30.1 Å². The molecule has 4 heteroatoms. The Morgan fingerprint density at radius 3 is 2.48 bits per heavy atom. The van der Waals surface area contributed by atoms with Crippen molar-refractivity contribution in [2.24, 2.45) is 5.92 Å². The SMILES string of the molecule is CC1CCN(C(=O)NCC2(c3ccc(Cl)cc3)CC2)CC1. The van der Waals surface area contributed by atoms with Crippen molar-refractivity contribution in [3.63, 3.8) is 0 Å². The third-order valence-electron chi connectivity index (χ3n) is 4.96. The third-order valence-corrected chi connectivity index (χ3v) is 5.21. The number of hydrogen-bond acceptors (Lipinski definition) is 1. The van der Waals surface area contributed by atoms with E-state index in [1.165, 1.54) is 5.56 Å². The number of nitrogens with zero attached hydrogens (tertiary/aromatic N) is 1. The van der Waals surface area contributed by atoms with Crippen LogP contribution in [-0.4, -0.2) is 30.6 Å². The number of piperidine rings is 1. The number of urea groups is 1. The second-order valence-corrected chi connectivity index (χ2v) is 7.05. The molecule has 2 aliphatic rings. The van der Waals surface area contributed by atoms with Crippen LogP contribution in [0.5, 0.6) is 0 Å². The van der Waals surface area contributed by atoms with Gasteiger partial charge in [0.25, 0.3) is 0 Å². The molecule has 1 aliphatic heterocycles. The van der Waals surface area contributed by atoms with Gasteiger partial charge < -0.3 is 10.2 Å². The van der Waals surface area contributed by atoms with E-state index in [-0.39, 0.29) is 11.4 Å². The fourth-order valence-corrected chi connectivity index (χ4v) is 3.22. The summed E-state index contributed by atoms with van der Waals surface area (Å²) in [5.74, 6) is 0.748. The number of amides is 2. The largest absolute Gasteiger partial charge is 0.337 e. The van der Waals surface area contributed by atoms with Crippen LogP contribution in [0.2, 0.25) is 5.02 Å². The molecule has 0 radical (unpaired) electrons. The predicted octanol–water partition coefficient (Wildman–Crippen LogP) is 3.81. The molecule has 2 amide bonds. The molecule has 0 spiro atoms. The Balaban J connectivity index is 1.55. The molecule has 0 bridgehead atoms. The second kappa shape index (κ2) is 5.88. The van der Waals surface area contributed by atoms with Crippen molar-refractivity contribution in [1.29, 1.82) is 0 Å². The van der Waals surface area contributed by atoms with Crippen LogP contribution in [0.15, 0.2) is 24.3 Å². The maximum Gasteiger partial charge on any atom is 0.317 e. The molecule has 1 aliphatic carbocycles. The van der Waals surface area contributed by atoms with Gasteiger partial charge in [0.15, 0.2) is 0 Å². The summed E-state index contributed by atoms with van der Waals surface area (Å²) < 4.78 is 0. The Morgan fingerprint density at radius 2 is 1.90 bits per heavy atom. The van der Waals surface area contributed by atoms with E-state index in [9.17, 15) is 4.79 Å². The van der Waals surface area contributed by atoms with Crippen molar-refractivity contribution >= 4 is 17.6 Å². The lowest BCUT2D eigenvalue weighted by molar-refractivity contribution is 0.173.